The van der Waals surface area contributed by atoms with Crippen molar-refractivity contribution in [2.45, 2.75) is 28.7 Å². The van der Waals surface area contributed by atoms with Gasteiger partial charge in [0.05, 0.1) is 19.8 Å². The van der Waals surface area contributed by atoms with Gasteiger partial charge in [0.25, 0.3) is 0 Å². The molecule has 0 fully saturated rings. The molecule has 2 aromatic carbocycles. The average Bonchev–Trinajstić information content (AvgIpc) is 2.79. The summed E-state index contributed by atoms with van der Waals surface area (Å²) in [6, 6.07) is 10.7. The van der Waals surface area contributed by atoms with E-state index < -0.39 is 20.9 Å². The fourth-order valence-electron chi connectivity index (χ4n) is 3.05. The number of benzene rings is 2. The molecule has 1 heterocycles. The number of hydrogen-bond acceptors (Lipinski definition) is 9. The van der Waals surface area contributed by atoms with Crippen LogP contribution in [0, 0.1) is 0 Å². The van der Waals surface area contributed by atoms with Crippen molar-refractivity contribution in [3.05, 3.63) is 70.0 Å². The summed E-state index contributed by atoms with van der Waals surface area (Å²) in [5.74, 6) is 0.990. The van der Waals surface area contributed by atoms with E-state index in [1.807, 2.05) is 18.2 Å². The van der Waals surface area contributed by atoms with Gasteiger partial charge in [-0.1, -0.05) is 35.3 Å². The van der Waals surface area contributed by atoms with Crippen LogP contribution in [0.25, 0.3) is 0 Å². The first kappa shape index (κ1) is 26.5. The summed E-state index contributed by atoms with van der Waals surface area (Å²) in [7, 11) is -3.30. The maximum Gasteiger partial charge on any atom is 0.206 e. The summed E-state index contributed by atoms with van der Waals surface area (Å²) in [6.07, 6.45) is 4.54. The van der Waals surface area contributed by atoms with Crippen molar-refractivity contribution in [3.8, 4) is 0 Å². The number of hydroxylamine groups is 1. The minimum atomic E-state index is -3.30. The Kier molecular flexibility index (Phi) is 9.34. The number of sulfone groups is 1. The smallest absolute Gasteiger partial charge is 0.206 e. The van der Waals surface area contributed by atoms with Gasteiger partial charge in [-0.05, 0) is 49.2 Å². The molecule has 0 amide bonds. The second-order valence-corrected chi connectivity index (χ2v) is 11.3. The van der Waals surface area contributed by atoms with Gasteiger partial charge in [0.15, 0.2) is 15.8 Å². The second-order valence-electron chi connectivity index (χ2n) is 7.40. The van der Waals surface area contributed by atoms with Gasteiger partial charge in [-0.2, -0.15) is 9.76 Å². The zero-order chi connectivity index (χ0) is 24.7. The number of nitrogens with one attached hydrogen (secondary N) is 3. The topological polar surface area (TPSA) is 135 Å². The molecule has 0 saturated carbocycles. The van der Waals surface area contributed by atoms with Crippen LogP contribution in [0.15, 0.2) is 69.1 Å². The molecule has 2 aromatic rings. The first-order chi connectivity index (χ1) is 16.1. The molecule has 0 aliphatic carbocycles. The molecule has 1 aliphatic rings. The maximum atomic E-state index is 12.1. The van der Waals surface area contributed by atoms with Crippen molar-refractivity contribution in [2.75, 3.05) is 19.3 Å². The summed E-state index contributed by atoms with van der Waals surface area (Å²) >= 11 is 10.7. The number of nitrogens with two attached hydrogens (primary N) is 1. The van der Waals surface area contributed by atoms with Gasteiger partial charge < -0.3 is 16.4 Å². The van der Waals surface area contributed by atoms with Gasteiger partial charge in [0.2, 0.25) is 11.1 Å². The third-order valence-electron chi connectivity index (χ3n) is 4.77. The number of rotatable bonds is 11. The lowest BCUT2D eigenvalue weighted by atomic mass is 10.1. The fraction of sp³-hybridized carbons (Fsp3) is 0.286. The Morgan fingerprint density at radius 3 is 2.56 bits per heavy atom. The molecule has 0 saturated heterocycles. The van der Waals surface area contributed by atoms with Crippen LogP contribution in [0.4, 0.5) is 0 Å². The van der Waals surface area contributed by atoms with Crippen LogP contribution >= 0.6 is 23.2 Å². The van der Waals surface area contributed by atoms with Gasteiger partial charge >= 0.3 is 0 Å². The third-order valence-corrected chi connectivity index (χ3v) is 7.65. The first-order valence-corrected chi connectivity index (χ1v) is 14.0. The highest BCUT2D eigenvalue weighted by molar-refractivity contribution is 7.90. The maximum absolute atomic E-state index is 12.1. The summed E-state index contributed by atoms with van der Waals surface area (Å²) in [4.78, 5) is 4.90. The number of halogens is 2. The standard InChI is InChI=1S/C21H25Cl2N5O4S2/c1-34(30,31)15-9-7-14(8-10-15)33(29)32-26-12-3-2-11-25-19-13-18(27-21(24)28-19)16-5-4-6-17(22)20(16)23/h4-10,13,18,25-26H,2-3,11-12H2,1H3,(H3,24,27,28). The van der Waals surface area contributed by atoms with E-state index in [2.05, 4.69) is 21.1 Å². The third kappa shape index (κ3) is 7.42. The zero-order valence-electron chi connectivity index (χ0n) is 18.3. The molecule has 3 rings (SSSR count). The molecule has 13 heteroatoms. The lowest BCUT2D eigenvalue weighted by molar-refractivity contribution is 0.219. The highest BCUT2D eigenvalue weighted by atomic mass is 35.5. The van der Waals surface area contributed by atoms with Gasteiger partial charge in [-0.3, -0.25) is 0 Å². The lowest BCUT2D eigenvalue weighted by Crippen LogP contribution is -2.40. The van der Waals surface area contributed by atoms with E-state index in [9.17, 15) is 12.6 Å². The Hall–Kier alpha value is -2.15. The molecule has 0 bridgehead atoms. The number of aliphatic imine (C=N–C) groups is 1. The Balaban J connectivity index is 1.39. The summed E-state index contributed by atoms with van der Waals surface area (Å²) in [6.45, 7) is 1.13. The molecule has 184 valence electrons. The molecule has 0 radical (unpaired) electrons. The molecule has 5 N–H and O–H groups in total. The Morgan fingerprint density at radius 1 is 1.15 bits per heavy atom. The zero-order valence-corrected chi connectivity index (χ0v) is 21.4. The van der Waals surface area contributed by atoms with Crippen molar-refractivity contribution >= 4 is 50.1 Å². The summed E-state index contributed by atoms with van der Waals surface area (Å²) < 4.78 is 40.2. The molecule has 2 unspecified atom stereocenters. The van der Waals surface area contributed by atoms with E-state index in [4.69, 9.17) is 33.2 Å². The predicted octanol–water partition coefficient (Wildman–Crippen LogP) is 2.81. The second kappa shape index (κ2) is 12.0. The van der Waals surface area contributed by atoms with Crippen molar-refractivity contribution in [1.29, 1.82) is 0 Å². The molecule has 0 spiro atoms. The van der Waals surface area contributed by atoms with E-state index >= 15 is 0 Å². The van der Waals surface area contributed by atoms with E-state index in [1.54, 1.807) is 6.07 Å². The fourth-order valence-corrected chi connectivity index (χ4v) is 4.75. The number of guanidine groups is 1. The van der Waals surface area contributed by atoms with E-state index in [1.165, 1.54) is 24.3 Å². The molecular weight excluding hydrogens is 521 g/mol. The predicted molar refractivity (Wildman–Crippen MR) is 134 cm³/mol. The number of nitrogens with zero attached hydrogens (tertiary/aromatic N) is 1. The van der Waals surface area contributed by atoms with Crippen molar-refractivity contribution in [2.24, 2.45) is 10.7 Å². The molecule has 1 aliphatic heterocycles. The lowest BCUT2D eigenvalue weighted by Gasteiger charge is -2.22. The van der Waals surface area contributed by atoms with Crippen LogP contribution < -0.4 is 21.8 Å². The monoisotopic (exact) mass is 545 g/mol. The van der Waals surface area contributed by atoms with Gasteiger partial charge in [-0.25, -0.2) is 17.6 Å². The first-order valence-electron chi connectivity index (χ1n) is 10.3. The molecule has 2 atom stereocenters. The van der Waals surface area contributed by atoms with Gasteiger partial charge in [-0.15, -0.1) is 0 Å². The highest BCUT2D eigenvalue weighted by Gasteiger charge is 2.19. The minimum absolute atomic E-state index is 0.159. The average molecular weight is 547 g/mol. The largest absolute Gasteiger partial charge is 0.372 e. The number of unbranched alkanes of at least 4 members (excludes halogenated alkanes) is 1. The van der Waals surface area contributed by atoms with Crippen LogP contribution in [0.3, 0.4) is 0 Å². The summed E-state index contributed by atoms with van der Waals surface area (Å²) in [5.41, 5.74) is 9.35. The van der Waals surface area contributed by atoms with Crippen LogP contribution in [0.1, 0.15) is 24.4 Å². The highest BCUT2D eigenvalue weighted by Crippen LogP contribution is 2.33. The van der Waals surface area contributed by atoms with Crippen LogP contribution in [-0.2, 0) is 25.2 Å². The van der Waals surface area contributed by atoms with Crippen molar-refractivity contribution < 1.29 is 16.9 Å². The van der Waals surface area contributed by atoms with E-state index in [0.717, 1.165) is 30.5 Å². The van der Waals surface area contributed by atoms with Crippen LogP contribution in [0.2, 0.25) is 10.0 Å². The van der Waals surface area contributed by atoms with E-state index in [0.29, 0.717) is 28.0 Å². The van der Waals surface area contributed by atoms with Gasteiger partial charge in [0, 0.05) is 24.9 Å². The normalized spacial score (nSPS) is 16.9. The van der Waals surface area contributed by atoms with E-state index in [-0.39, 0.29) is 16.9 Å². The molecule has 0 aromatic heterocycles. The minimum Gasteiger partial charge on any atom is -0.372 e. The Morgan fingerprint density at radius 2 is 1.85 bits per heavy atom. The molecule has 9 nitrogen and oxygen atoms in total. The quantitative estimate of drug-likeness (QED) is 0.250. The van der Waals surface area contributed by atoms with Gasteiger partial charge in [0.1, 0.15) is 11.9 Å². The Bertz CT molecular complexity index is 1200. The van der Waals surface area contributed by atoms with Crippen molar-refractivity contribution in [3.63, 3.8) is 0 Å². The van der Waals surface area contributed by atoms with Crippen LogP contribution in [0.5, 0.6) is 0 Å². The van der Waals surface area contributed by atoms with Crippen molar-refractivity contribution in [1.82, 2.24) is 16.1 Å². The molecular formula is C21H25Cl2N5O4S2. The summed E-state index contributed by atoms with van der Waals surface area (Å²) in [5, 5.41) is 7.14. The Labute approximate surface area is 211 Å². The number of hydrogen-bond donors (Lipinski definition) is 4. The SMILES string of the molecule is CS(=O)(=O)c1ccc(S(=O)ONCCCCNC2=CC(c3cccc(Cl)c3Cl)N=C(N)N2)cc1. The van der Waals surface area contributed by atoms with Crippen LogP contribution in [-0.4, -0.2) is 37.9 Å². The molecule has 34 heavy (non-hydrogen) atoms.